The summed E-state index contributed by atoms with van der Waals surface area (Å²) < 4.78 is 11.0. The molecule has 1 aliphatic rings. The van der Waals surface area contributed by atoms with E-state index in [-0.39, 0.29) is 13.0 Å². The maximum Gasteiger partial charge on any atom is 0.411 e. The van der Waals surface area contributed by atoms with E-state index in [0.29, 0.717) is 0 Å². The third-order valence-corrected chi connectivity index (χ3v) is 3.93. The molecule has 6 nitrogen and oxygen atoms in total. The predicted octanol–water partition coefficient (Wildman–Crippen LogP) is 2.62. The number of hydrogen-bond donors (Lipinski definition) is 1. The van der Waals surface area contributed by atoms with E-state index in [9.17, 15) is 14.7 Å². The zero-order valence-electron chi connectivity index (χ0n) is 13.9. The van der Waals surface area contributed by atoms with Gasteiger partial charge in [0.05, 0.1) is 6.54 Å². The molecular weight excluding hydrogens is 298 g/mol. The Hall–Kier alpha value is -2.08. The number of carboxylic acids is 1. The first-order valence-corrected chi connectivity index (χ1v) is 7.52. The maximum absolute atomic E-state index is 12.4. The fraction of sp³-hybridized carbons (Fsp3) is 0.529. The molecule has 1 amide bonds. The summed E-state index contributed by atoms with van der Waals surface area (Å²) in [6.45, 7) is 5.38. The van der Waals surface area contributed by atoms with E-state index in [1.54, 1.807) is 20.8 Å². The molecule has 1 N–H and O–H groups in total. The highest BCUT2D eigenvalue weighted by molar-refractivity contribution is 5.81. The van der Waals surface area contributed by atoms with Gasteiger partial charge in [-0.05, 0) is 26.3 Å². The van der Waals surface area contributed by atoms with E-state index in [1.165, 1.54) is 12.0 Å². The quantitative estimate of drug-likeness (QED) is 0.926. The van der Waals surface area contributed by atoms with Crippen LogP contribution >= 0.6 is 0 Å². The molecule has 0 unspecified atom stereocenters. The number of likely N-dealkylation sites (tertiary alicyclic amines) is 1. The SMILES string of the molecule is CO[C@]1(c2ccccc2)C[C@H](C(=O)O)N(C(=O)OC(C)(C)C)C1. The van der Waals surface area contributed by atoms with Crippen LogP contribution in [0, 0.1) is 0 Å². The van der Waals surface area contributed by atoms with E-state index in [1.807, 2.05) is 30.3 Å². The lowest BCUT2D eigenvalue weighted by Gasteiger charge is -2.29. The molecule has 1 saturated heterocycles. The molecule has 1 fully saturated rings. The number of rotatable bonds is 3. The van der Waals surface area contributed by atoms with Crippen LogP contribution in [0.4, 0.5) is 4.79 Å². The molecule has 0 saturated carbocycles. The molecule has 0 aliphatic carbocycles. The second kappa shape index (κ2) is 6.20. The Kier molecular flexibility index (Phi) is 4.66. The first-order valence-electron chi connectivity index (χ1n) is 7.52. The molecule has 23 heavy (non-hydrogen) atoms. The Morgan fingerprint density at radius 3 is 2.35 bits per heavy atom. The Bertz CT molecular complexity index is 580. The summed E-state index contributed by atoms with van der Waals surface area (Å²) >= 11 is 0. The second-order valence-corrected chi connectivity index (χ2v) is 6.73. The Balaban J connectivity index is 2.33. The normalized spacial score (nSPS) is 24.5. The summed E-state index contributed by atoms with van der Waals surface area (Å²) in [5, 5.41) is 9.50. The Morgan fingerprint density at radius 2 is 1.87 bits per heavy atom. The molecular formula is C17H23NO5. The fourth-order valence-electron chi connectivity index (χ4n) is 2.82. The Morgan fingerprint density at radius 1 is 1.26 bits per heavy atom. The van der Waals surface area contributed by atoms with Crippen molar-refractivity contribution in [1.29, 1.82) is 0 Å². The van der Waals surface area contributed by atoms with Crippen LogP contribution in [0.2, 0.25) is 0 Å². The smallest absolute Gasteiger partial charge is 0.411 e. The number of carbonyl (C=O) groups excluding carboxylic acids is 1. The number of carbonyl (C=O) groups is 2. The van der Waals surface area contributed by atoms with Gasteiger partial charge in [-0.25, -0.2) is 9.59 Å². The third-order valence-electron chi connectivity index (χ3n) is 3.93. The number of benzene rings is 1. The molecule has 0 radical (unpaired) electrons. The number of amides is 1. The van der Waals surface area contributed by atoms with E-state index in [4.69, 9.17) is 9.47 Å². The van der Waals surface area contributed by atoms with Gasteiger partial charge < -0.3 is 14.6 Å². The zero-order valence-corrected chi connectivity index (χ0v) is 13.9. The van der Waals surface area contributed by atoms with Crippen molar-refractivity contribution in [2.75, 3.05) is 13.7 Å². The van der Waals surface area contributed by atoms with E-state index in [2.05, 4.69) is 0 Å². The molecule has 2 atom stereocenters. The van der Waals surface area contributed by atoms with Gasteiger partial charge >= 0.3 is 12.1 Å². The number of hydrogen-bond acceptors (Lipinski definition) is 4. The van der Waals surface area contributed by atoms with Crippen LogP contribution < -0.4 is 0 Å². The molecule has 0 bridgehead atoms. The van der Waals surface area contributed by atoms with Crippen LogP contribution in [0.3, 0.4) is 0 Å². The number of carboxylic acid groups (broad SMARTS) is 1. The van der Waals surface area contributed by atoms with Gasteiger partial charge in [-0.2, -0.15) is 0 Å². The molecule has 6 heteroatoms. The van der Waals surface area contributed by atoms with E-state index < -0.39 is 29.3 Å². The molecule has 2 rings (SSSR count). The van der Waals surface area contributed by atoms with Gasteiger partial charge in [-0.3, -0.25) is 4.90 Å². The zero-order chi connectivity index (χ0) is 17.3. The lowest BCUT2D eigenvalue weighted by atomic mass is 9.91. The fourth-order valence-corrected chi connectivity index (χ4v) is 2.82. The van der Waals surface area contributed by atoms with Crippen molar-refractivity contribution in [3.05, 3.63) is 35.9 Å². The van der Waals surface area contributed by atoms with Gasteiger partial charge in [0.2, 0.25) is 0 Å². The maximum atomic E-state index is 12.4. The minimum Gasteiger partial charge on any atom is -0.480 e. The minimum absolute atomic E-state index is 0.138. The van der Waals surface area contributed by atoms with Crippen molar-refractivity contribution in [3.8, 4) is 0 Å². The predicted molar refractivity (Wildman–Crippen MR) is 84.1 cm³/mol. The van der Waals surface area contributed by atoms with Crippen molar-refractivity contribution in [1.82, 2.24) is 4.90 Å². The van der Waals surface area contributed by atoms with Crippen LogP contribution in [-0.2, 0) is 19.9 Å². The lowest BCUT2D eigenvalue weighted by Crippen LogP contribution is -2.44. The van der Waals surface area contributed by atoms with Crippen molar-refractivity contribution < 1.29 is 24.2 Å². The first kappa shape index (κ1) is 17.3. The second-order valence-electron chi connectivity index (χ2n) is 6.73. The third kappa shape index (κ3) is 3.64. The van der Waals surface area contributed by atoms with Crippen molar-refractivity contribution >= 4 is 12.1 Å². The highest BCUT2D eigenvalue weighted by Gasteiger charge is 2.51. The first-order chi connectivity index (χ1) is 10.7. The standard InChI is InChI=1S/C17H23NO5/c1-16(2,3)23-15(21)18-11-17(22-4,10-13(18)14(19)20)12-8-6-5-7-9-12/h5-9,13H,10-11H2,1-4H3,(H,19,20)/t13-,17-/m1/s1. The number of aliphatic carboxylic acids is 1. The lowest BCUT2D eigenvalue weighted by molar-refractivity contribution is -0.142. The molecule has 0 spiro atoms. The van der Waals surface area contributed by atoms with Crippen molar-refractivity contribution in [2.45, 2.75) is 44.4 Å². The largest absolute Gasteiger partial charge is 0.480 e. The summed E-state index contributed by atoms with van der Waals surface area (Å²) in [6.07, 6.45) is -0.456. The average molecular weight is 321 g/mol. The summed E-state index contributed by atoms with van der Waals surface area (Å²) in [5.74, 6) is -1.06. The monoisotopic (exact) mass is 321 g/mol. The molecule has 1 aliphatic heterocycles. The van der Waals surface area contributed by atoms with Gasteiger partial charge in [0.1, 0.15) is 17.2 Å². The molecule has 1 aromatic carbocycles. The molecule has 1 aromatic rings. The van der Waals surface area contributed by atoms with E-state index in [0.717, 1.165) is 5.56 Å². The molecule has 0 aromatic heterocycles. The van der Waals surface area contributed by atoms with Gasteiger partial charge in [-0.1, -0.05) is 30.3 Å². The topological polar surface area (TPSA) is 76.1 Å². The van der Waals surface area contributed by atoms with Gasteiger partial charge in [0, 0.05) is 13.5 Å². The highest BCUT2D eigenvalue weighted by Crippen LogP contribution is 2.39. The highest BCUT2D eigenvalue weighted by atomic mass is 16.6. The van der Waals surface area contributed by atoms with Crippen LogP contribution in [0.1, 0.15) is 32.8 Å². The summed E-state index contributed by atoms with van der Waals surface area (Å²) in [5.41, 5.74) is -0.688. The summed E-state index contributed by atoms with van der Waals surface area (Å²) in [6, 6.07) is 8.37. The van der Waals surface area contributed by atoms with Gasteiger partial charge in [0.15, 0.2) is 0 Å². The average Bonchev–Trinajstić information content (AvgIpc) is 2.88. The van der Waals surface area contributed by atoms with Crippen molar-refractivity contribution in [2.24, 2.45) is 0 Å². The number of methoxy groups -OCH3 is 1. The van der Waals surface area contributed by atoms with Gasteiger partial charge in [0.25, 0.3) is 0 Å². The minimum atomic E-state index is -1.06. The van der Waals surface area contributed by atoms with Crippen LogP contribution in [0.5, 0.6) is 0 Å². The van der Waals surface area contributed by atoms with Crippen LogP contribution in [0.25, 0.3) is 0 Å². The van der Waals surface area contributed by atoms with Crippen molar-refractivity contribution in [3.63, 3.8) is 0 Å². The molecule has 1 heterocycles. The summed E-state index contributed by atoms with van der Waals surface area (Å²) in [7, 11) is 1.53. The van der Waals surface area contributed by atoms with Gasteiger partial charge in [-0.15, -0.1) is 0 Å². The number of nitrogens with zero attached hydrogens (tertiary/aromatic N) is 1. The number of ether oxygens (including phenoxy) is 2. The van der Waals surface area contributed by atoms with Crippen LogP contribution in [-0.4, -0.2) is 47.4 Å². The molecule has 126 valence electrons. The van der Waals surface area contributed by atoms with Crippen LogP contribution in [0.15, 0.2) is 30.3 Å². The summed E-state index contributed by atoms with van der Waals surface area (Å²) in [4.78, 5) is 25.2. The van der Waals surface area contributed by atoms with E-state index >= 15 is 0 Å². The Labute approximate surface area is 136 Å².